The quantitative estimate of drug-likeness (QED) is 0.592. The van der Waals surface area contributed by atoms with E-state index in [1.165, 1.54) is 12.8 Å². The number of carbonyl (C=O) groups is 1. The van der Waals surface area contributed by atoms with Crippen molar-refractivity contribution in [2.75, 3.05) is 6.54 Å². The Morgan fingerprint density at radius 3 is 3.24 bits per heavy atom. The molecule has 2 saturated heterocycles. The number of nitrogens with zero attached hydrogens (tertiary/aromatic N) is 1. The highest BCUT2D eigenvalue weighted by atomic mass is 16.7. The Bertz CT molecular complexity index is 489. The Morgan fingerprint density at radius 2 is 2.29 bits per heavy atom. The maximum absolute atomic E-state index is 11.3. The van der Waals surface area contributed by atoms with E-state index in [4.69, 9.17) is 9.57 Å². The van der Waals surface area contributed by atoms with Crippen molar-refractivity contribution in [3.8, 4) is 0 Å². The normalized spacial score (nSPS) is 35.3. The molecule has 0 aromatic carbocycles. The molecule has 4 aliphatic rings. The number of carbonyl (C=O) groups excluding carboxylic acids is 1. The summed E-state index contributed by atoms with van der Waals surface area (Å²) in [6.45, 7) is 0.971. The molecule has 17 heavy (non-hydrogen) atoms. The number of esters is 1. The fourth-order valence-electron chi connectivity index (χ4n) is 3.08. The van der Waals surface area contributed by atoms with Crippen LogP contribution in [0.5, 0.6) is 0 Å². The zero-order valence-electron chi connectivity index (χ0n) is 9.39. The van der Waals surface area contributed by atoms with Crippen molar-refractivity contribution in [3.63, 3.8) is 0 Å². The van der Waals surface area contributed by atoms with E-state index in [2.05, 4.69) is 5.06 Å². The Hall–Kier alpha value is -1.39. The molecular weight excluding hydrogens is 218 g/mol. The largest absolute Gasteiger partial charge is 0.423 e. The van der Waals surface area contributed by atoms with Crippen molar-refractivity contribution < 1.29 is 14.4 Å². The van der Waals surface area contributed by atoms with Gasteiger partial charge in [-0.05, 0) is 18.9 Å². The number of hydrogen-bond acceptors (Lipinski definition) is 4. The molecule has 0 amide bonds. The van der Waals surface area contributed by atoms with E-state index in [1.54, 1.807) is 6.08 Å². The molecule has 0 bridgehead atoms. The van der Waals surface area contributed by atoms with E-state index in [0.29, 0.717) is 6.04 Å². The lowest BCUT2D eigenvalue weighted by Crippen LogP contribution is -2.34. The van der Waals surface area contributed by atoms with Gasteiger partial charge in [-0.3, -0.25) is 4.84 Å². The molecule has 0 saturated carbocycles. The molecule has 88 valence electrons. The lowest BCUT2D eigenvalue weighted by Gasteiger charge is -2.27. The van der Waals surface area contributed by atoms with Crippen LogP contribution >= 0.6 is 0 Å². The molecule has 4 rings (SSSR count). The molecule has 2 atom stereocenters. The van der Waals surface area contributed by atoms with Gasteiger partial charge in [0.2, 0.25) is 0 Å². The van der Waals surface area contributed by atoms with E-state index in [-0.39, 0.29) is 12.1 Å². The predicted molar refractivity (Wildman–Crippen MR) is 59.6 cm³/mol. The minimum absolute atomic E-state index is 0.0313. The van der Waals surface area contributed by atoms with Crippen LogP contribution in [0, 0.1) is 0 Å². The molecule has 0 aromatic rings. The predicted octanol–water partition coefficient (Wildman–Crippen LogP) is 1.46. The van der Waals surface area contributed by atoms with Crippen LogP contribution in [0.1, 0.15) is 19.3 Å². The number of hydrogen-bond donors (Lipinski definition) is 0. The SMILES string of the molecule is O=C1C=C2C=CC3ON4CCCCC4C3=C2O1. The first kappa shape index (κ1) is 9.62. The summed E-state index contributed by atoms with van der Waals surface area (Å²) in [5.74, 6) is 0.485. The summed E-state index contributed by atoms with van der Waals surface area (Å²) in [6, 6.07) is 0.294. The maximum Gasteiger partial charge on any atom is 0.336 e. The zero-order valence-corrected chi connectivity index (χ0v) is 9.39. The van der Waals surface area contributed by atoms with Gasteiger partial charge in [0, 0.05) is 23.8 Å². The molecule has 0 aromatic heterocycles. The van der Waals surface area contributed by atoms with Crippen LogP contribution in [-0.4, -0.2) is 29.7 Å². The van der Waals surface area contributed by atoms with Gasteiger partial charge in [-0.2, -0.15) is 5.06 Å². The number of fused-ring (bicyclic) bond motifs is 4. The van der Waals surface area contributed by atoms with Crippen molar-refractivity contribution in [2.24, 2.45) is 0 Å². The highest BCUT2D eigenvalue weighted by Gasteiger charge is 2.44. The first-order valence-corrected chi connectivity index (χ1v) is 6.12. The van der Waals surface area contributed by atoms with Crippen molar-refractivity contribution in [2.45, 2.75) is 31.4 Å². The molecule has 2 unspecified atom stereocenters. The highest BCUT2D eigenvalue weighted by Crippen LogP contribution is 2.42. The number of rotatable bonds is 0. The first-order chi connectivity index (χ1) is 8.33. The number of allylic oxidation sites excluding steroid dienone is 1. The third kappa shape index (κ3) is 1.28. The maximum atomic E-state index is 11.3. The standard InChI is InChI=1S/C13H13NO3/c15-11-7-8-4-5-10-12(13(8)16-11)9-3-1-2-6-14(9)17-10/h4-5,7,9-10H,1-3,6H2. The summed E-state index contributed by atoms with van der Waals surface area (Å²) in [7, 11) is 0. The summed E-state index contributed by atoms with van der Waals surface area (Å²) in [5, 5.41) is 2.05. The van der Waals surface area contributed by atoms with Gasteiger partial charge in [0.05, 0.1) is 6.04 Å². The molecule has 1 aliphatic carbocycles. The second-order valence-electron chi connectivity index (χ2n) is 4.84. The number of hydroxylamine groups is 2. The third-order valence-corrected chi connectivity index (χ3v) is 3.82. The Kier molecular flexibility index (Phi) is 1.87. The van der Waals surface area contributed by atoms with Gasteiger partial charge in [-0.15, -0.1) is 0 Å². The molecule has 4 nitrogen and oxygen atoms in total. The molecular formula is C13H13NO3. The number of piperidine rings is 1. The molecule has 4 heteroatoms. The Labute approximate surface area is 99.1 Å². The van der Waals surface area contributed by atoms with Crippen molar-refractivity contribution in [1.82, 2.24) is 5.06 Å². The molecule has 2 fully saturated rings. The number of ether oxygens (including phenoxy) is 1. The van der Waals surface area contributed by atoms with Crippen LogP contribution in [0.2, 0.25) is 0 Å². The fraction of sp³-hybridized carbons (Fsp3) is 0.462. The third-order valence-electron chi connectivity index (χ3n) is 3.82. The van der Waals surface area contributed by atoms with Crippen LogP contribution in [0.25, 0.3) is 0 Å². The lowest BCUT2D eigenvalue weighted by atomic mass is 9.89. The van der Waals surface area contributed by atoms with Gasteiger partial charge in [0.1, 0.15) is 11.9 Å². The summed E-state index contributed by atoms with van der Waals surface area (Å²) >= 11 is 0. The Morgan fingerprint density at radius 1 is 1.35 bits per heavy atom. The topological polar surface area (TPSA) is 38.8 Å². The first-order valence-electron chi connectivity index (χ1n) is 6.12. The zero-order chi connectivity index (χ0) is 11.4. The minimum atomic E-state index is -0.262. The summed E-state index contributed by atoms with van der Waals surface area (Å²) in [4.78, 5) is 17.2. The van der Waals surface area contributed by atoms with Gasteiger partial charge >= 0.3 is 5.97 Å². The summed E-state index contributed by atoms with van der Waals surface area (Å²) < 4.78 is 5.32. The molecule has 0 spiro atoms. The average molecular weight is 231 g/mol. The summed E-state index contributed by atoms with van der Waals surface area (Å²) in [5.41, 5.74) is 2.04. The van der Waals surface area contributed by atoms with Crippen LogP contribution in [0.4, 0.5) is 0 Å². The molecule has 0 radical (unpaired) electrons. The monoisotopic (exact) mass is 231 g/mol. The summed E-state index contributed by atoms with van der Waals surface area (Å²) in [6.07, 6.45) is 8.95. The van der Waals surface area contributed by atoms with E-state index in [9.17, 15) is 4.79 Å². The molecule has 3 heterocycles. The van der Waals surface area contributed by atoms with Gasteiger partial charge in [-0.1, -0.05) is 12.5 Å². The van der Waals surface area contributed by atoms with Crippen LogP contribution in [0.15, 0.2) is 35.1 Å². The van der Waals surface area contributed by atoms with E-state index in [0.717, 1.165) is 29.9 Å². The van der Waals surface area contributed by atoms with Crippen LogP contribution < -0.4 is 0 Å². The lowest BCUT2D eigenvalue weighted by molar-refractivity contribution is -0.160. The van der Waals surface area contributed by atoms with Crippen LogP contribution in [-0.2, 0) is 14.4 Å². The van der Waals surface area contributed by atoms with Gasteiger partial charge in [0.15, 0.2) is 0 Å². The van der Waals surface area contributed by atoms with Gasteiger partial charge < -0.3 is 4.74 Å². The van der Waals surface area contributed by atoms with E-state index in [1.807, 2.05) is 12.2 Å². The van der Waals surface area contributed by atoms with Crippen LogP contribution in [0.3, 0.4) is 0 Å². The second kappa shape index (κ2) is 3.31. The van der Waals surface area contributed by atoms with E-state index >= 15 is 0 Å². The minimum Gasteiger partial charge on any atom is -0.423 e. The van der Waals surface area contributed by atoms with Gasteiger partial charge in [0.25, 0.3) is 0 Å². The van der Waals surface area contributed by atoms with Crippen molar-refractivity contribution in [1.29, 1.82) is 0 Å². The fourth-order valence-corrected chi connectivity index (χ4v) is 3.08. The molecule has 0 N–H and O–H groups in total. The molecule has 3 aliphatic heterocycles. The van der Waals surface area contributed by atoms with E-state index < -0.39 is 0 Å². The van der Waals surface area contributed by atoms with Crippen molar-refractivity contribution >= 4 is 5.97 Å². The van der Waals surface area contributed by atoms with Gasteiger partial charge in [-0.25, -0.2) is 4.79 Å². The van der Waals surface area contributed by atoms with Crippen molar-refractivity contribution in [3.05, 3.63) is 35.1 Å². The Balaban J connectivity index is 1.81. The second-order valence-corrected chi connectivity index (χ2v) is 4.84. The smallest absolute Gasteiger partial charge is 0.336 e. The highest BCUT2D eigenvalue weighted by molar-refractivity contribution is 5.90. The average Bonchev–Trinajstić information content (AvgIpc) is 2.87.